The van der Waals surface area contributed by atoms with Crippen molar-refractivity contribution in [1.82, 2.24) is 4.72 Å². The van der Waals surface area contributed by atoms with E-state index in [4.69, 9.17) is 4.74 Å². The van der Waals surface area contributed by atoms with Crippen LogP contribution in [0.4, 0.5) is 5.69 Å². The predicted octanol–water partition coefficient (Wildman–Crippen LogP) is 2.23. The first kappa shape index (κ1) is 23.2. The van der Waals surface area contributed by atoms with Gasteiger partial charge in [-0.1, -0.05) is 18.2 Å². The van der Waals surface area contributed by atoms with Crippen LogP contribution < -0.4 is 13.8 Å². The third-order valence-electron chi connectivity index (χ3n) is 5.15. The maximum atomic E-state index is 12.8. The first-order valence-electron chi connectivity index (χ1n) is 9.69. The van der Waals surface area contributed by atoms with Crippen molar-refractivity contribution < 1.29 is 26.4 Å². The van der Waals surface area contributed by atoms with Crippen LogP contribution in [-0.4, -0.2) is 42.2 Å². The number of anilines is 1. The molecule has 0 unspecified atom stereocenters. The van der Waals surface area contributed by atoms with Gasteiger partial charge in [0.25, 0.3) is 0 Å². The quantitative estimate of drug-likeness (QED) is 0.670. The van der Waals surface area contributed by atoms with Crippen molar-refractivity contribution >= 4 is 31.6 Å². The Morgan fingerprint density at radius 1 is 1.16 bits per heavy atom. The lowest BCUT2D eigenvalue weighted by atomic mass is 9.95. The molecule has 0 bridgehead atoms. The zero-order chi connectivity index (χ0) is 23.0. The van der Waals surface area contributed by atoms with Crippen LogP contribution in [0, 0.1) is 12.3 Å². The van der Waals surface area contributed by atoms with E-state index in [1.807, 2.05) is 24.3 Å². The number of aryl methyl sites for hydroxylation is 1. The average Bonchev–Trinajstić information content (AvgIpc) is 2.84. The molecule has 8 nitrogen and oxygen atoms in total. The number of nitrogens with zero attached hydrogens (tertiary/aromatic N) is 1. The Bertz CT molecular complexity index is 1220. The standard InChI is InChI=1S/C21H26N2O6S2/c1-15-13-17(23-20(24)21(2,3)14-30(23,25)26)9-10-19(15)31(27,28)22-12-11-16-7-5-6-8-18(16)29-4/h5-10,13,22H,11-12,14H2,1-4H3. The van der Waals surface area contributed by atoms with E-state index in [2.05, 4.69) is 4.72 Å². The van der Waals surface area contributed by atoms with E-state index in [0.717, 1.165) is 9.87 Å². The number of hydrogen-bond acceptors (Lipinski definition) is 6. The molecular weight excluding hydrogens is 440 g/mol. The fourth-order valence-corrected chi connectivity index (χ4v) is 6.99. The fraction of sp³-hybridized carbons (Fsp3) is 0.381. The Morgan fingerprint density at radius 2 is 1.84 bits per heavy atom. The molecular formula is C21H26N2O6S2. The minimum Gasteiger partial charge on any atom is -0.496 e. The summed E-state index contributed by atoms with van der Waals surface area (Å²) in [5.41, 5.74) is 0.327. The second kappa shape index (κ2) is 8.25. The molecule has 1 N–H and O–H groups in total. The summed E-state index contributed by atoms with van der Waals surface area (Å²) in [6, 6.07) is 11.4. The molecule has 0 aromatic heterocycles. The van der Waals surface area contributed by atoms with Crippen LogP contribution in [0.5, 0.6) is 5.75 Å². The Morgan fingerprint density at radius 3 is 2.42 bits per heavy atom. The molecule has 0 radical (unpaired) electrons. The lowest BCUT2D eigenvalue weighted by molar-refractivity contribution is -0.123. The highest BCUT2D eigenvalue weighted by Crippen LogP contribution is 2.36. The summed E-state index contributed by atoms with van der Waals surface area (Å²) in [7, 11) is -6.08. The maximum Gasteiger partial charge on any atom is 0.247 e. The number of methoxy groups -OCH3 is 1. The highest BCUT2D eigenvalue weighted by molar-refractivity contribution is 7.94. The molecule has 1 saturated heterocycles. The normalized spacial score (nSPS) is 17.7. The van der Waals surface area contributed by atoms with Crippen molar-refractivity contribution in [2.24, 2.45) is 5.41 Å². The number of ether oxygens (including phenoxy) is 1. The lowest BCUT2D eigenvalue weighted by Crippen LogP contribution is -2.33. The van der Waals surface area contributed by atoms with E-state index in [1.54, 1.807) is 27.9 Å². The Balaban J connectivity index is 1.80. The largest absolute Gasteiger partial charge is 0.496 e. The van der Waals surface area contributed by atoms with Crippen molar-refractivity contribution in [1.29, 1.82) is 0 Å². The van der Waals surface area contributed by atoms with Gasteiger partial charge in [0.15, 0.2) is 0 Å². The van der Waals surface area contributed by atoms with Gasteiger partial charge in [0, 0.05) is 6.54 Å². The molecule has 1 aliphatic rings. The minimum atomic E-state index is -3.83. The molecule has 2 aromatic rings. The SMILES string of the molecule is COc1ccccc1CCNS(=O)(=O)c1ccc(N2C(=O)C(C)(C)CS2(=O)=O)cc1C. The lowest BCUT2D eigenvalue weighted by Gasteiger charge is -2.19. The molecule has 3 rings (SSSR count). The van der Waals surface area contributed by atoms with Gasteiger partial charge >= 0.3 is 0 Å². The monoisotopic (exact) mass is 466 g/mol. The summed E-state index contributed by atoms with van der Waals surface area (Å²) in [5.74, 6) is -0.137. The van der Waals surface area contributed by atoms with Gasteiger partial charge in [-0.15, -0.1) is 0 Å². The summed E-state index contributed by atoms with van der Waals surface area (Å²) < 4.78 is 59.1. The van der Waals surface area contributed by atoms with Crippen LogP contribution in [0.2, 0.25) is 0 Å². The highest BCUT2D eigenvalue weighted by atomic mass is 32.2. The van der Waals surface area contributed by atoms with Crippen molar-refractivity contribution in [3.63, 3.8) is 0 Å². The van der Waals surface area contributed by atoms with Gasteiger partial charge in [-0.3, -0.25) is 4.79 Å². The number of sulfonamides is 2. The van der Waals surface area contributed by atoms with Gasteiger partial charge in [0.2, 0.25) is 26.0 Å². The van der Waals surface area contributed by atoms with Gasteiger partial charge in [0.1, 0.15) is 5.75 Å². The van der Waals surface area contributed by atoms with Crippen LogP contribution in [0.25, 0.3) is 0 Å². The van der Waals surface area contributed by atoms with E-state index in [9.17, 15) is 21.6 Å². The van der Waals surface area contributed by atoms with Gasteiger partial charge in [-0.25, -0.2) is 25.9 Å². The van der Waals surface area contributed by atoms with Gasteiger partial charge in [-0.2, -0.15) is 0 Å². The first-order chi connectivity index (χ1) is 14.4. The number of carbonyl (C=O) groups is 1. The molecule has 10 heteroatoms. The van der Waals surface area contributed by atoms with Crippen LogP contribution >= 0.6 is 0 Å². The number of carbonyl (C=O) groups excluding carboxylic acids is 1. The molecule has 0 aliphatic carbocycles. The zero-order valence-electron chi connectivity index (χ0n) is 17.9. The minimum absolute atomic E-state index is 0.0274. The van der Waals surface area contributed by atoms with E-state index in [1.165, 1.54) is 18.2 Å². The van der Waals surface area contributed by atoms with E-state index < -0.39 is 31.4 Å². The Hall–Kier alpha value is -2.43. The molecule has 0 atom stereocenters. The average molecular weight is 467 g/mol. The van der Waals surface area contributed by atoms with E-state index in [-0.39, 0.29) is 22.9 Å². The summed E-state index contributed by atoms with van der Waals surface area (Å²) in [6.07, 6.45) is 0.440. The number of rotatable bonds is 7. The van der Waals surface area contributed by atoms with Crippen molar-refractivity contribution in [3.05, 3.63) is 53.6 Å². The predicted molar refractivity (Wildman–Crippen MR) is 118 cm³/mol. The summed E-state index contributed by atoms with van der Waals surface area (Å²) >= 11 is 0. The summed E-state index contributed by atoms with van der Waals surface area (Å²) in [6.45, 7) is 4.88. The van der Waals surface area contributed by atoms with Crippen molar-refractivity contribution in [3.8, 4) is 5.75 Å². The van der Waals surface area contributed by atoms with E-state index in [0.29, 0.717) is 17.7 Å². The smallest absolute Gasteiger partial charge is 0.247 e. The molecule has 1 amide bonds. The van der Waals surface area contributed by atoms with Gasteiger partial charge in [-0.05, 0) is 62.6 Å². The third-order valence-corrected chi connectivity index (χ3v) is 8.79. The Kier molecular flexibility index (Phi) is 6.18. The van der Waals surface area contributed by atoms with Gasteiger partial charge in [0.05, 0.1) is 28.9 Å². The van der Waals surface area contributed by atoms with Crippen LogP contribution in [0.15, 0.2) is 47.4 Å². The number of para-hydroxylation sites is 1. The summed E-state index contributed by atoms with van der Waals surface area (Å²) in [4.78, 5) is 12.6. The maximum absolute atomic E-state index is 12.8. The number of nitrogens with one attached hydrogen (secondary N) is 1. The van der Waals surface area contributed by atoms with Crippen LogP contribution in [-0.2, 0) is 31.3 Å². The van der Waals surface area contributed by atoms with Gasteiger partial charge < -0.3 is 4.74 Å². The molecule has 31 heavy (non-hydrogen) atoms. The highest BCUT2D eigenvalue weighted by Gasteiger charge is 2.50. The number of hydrogen-bond donors (Lipinski definition) is 1. The van der Waals surface area contributed by atoms with Crippen LogP contribution in [0.1, 0.15) is 25.0 Å². The van der Waals surface area contributed by atoms with Crippen molar-refractivity contribution in [2.75, 3.05) is 23.7 Å². The molecule has 1 aliphatic heterocycles. The number of benzene rings is 2. The second-order valence-corrected chi connectivity index (χ2v) is 11.7. The number of amides is 1. The summed E-state index contributed by atoms with van der Waals surface area (Å²) in [5, 5.41) is 0. The molecule has 1 fully saturated rings. The molecule has 1 heterocycles. The molecule has 0 spiro atoms. The second-order valence-electron chi connectivity index (χ2n) is 8.12. The van der Waals surface area contributed by atoms with Crippen molar-refractivity contribution in [2.45, 2.75) is 32.1 Å². The van der Waals surface area contributed by atoms with E-state index >= 15 is 0 Å². The fourth-order valence-electron chi connectivity index (χ4n) is 3.63. The first-order valence-corrected chi connectivity index (χ1v) is 12.8. The zero-order valence-corrected chi connectivity index (χ0v) is 19.5. The van der Waals surface area contributed by atoms with Crippen LogP contribution in [0.3, 0.4) is 0 Å². The molecule has 2 aromatic carbocycles. The third kappa shape index (κ3) is 4.60. The Labute approximate surface area is 183 Å². The molecule has 0 saturated carbocycles. The molecule has 168 valence electrons. The topological polar surface area (TPSA) is 110 Å².